The van der Waals surface area contributed by atoms with Gasteiger partial charge < -0.3 is 9.80 Å². The van der Waals surface area contributed by atoms with Gasteiger partial charge in [-0.3, -0.25) is 9.69 Å². The standard InChI is InChI=1S/C18H26FN3O2/c1-4-21(5-2)18(24)22-10-8-20(9-11-22)13-17(23)15-12-14(3)6-7-16(15)19/h6-7,12H,4-5,8-11,13H2,1-3H3. The molecule has 0 aromatic heterocycles. The van der Waals surface area contributed by atoms with E-state index in [9.17, 15) is 14.0 Å². The van der Waals surface area contributed by atoms with Crippen molar-refractivity contribution >= 4 is 11.8 Å². The maximum atomic E-state index is 13.8. The minimum absolute atomic E-state index is 0.0516. The Labute approximate surface area is 143 Å². The quantitative estimate of drug-likeness (QED) is 0.776. The second-order valence-electron chi connectivity index (χ2n) is 6.12. The summed E-state index contributed by atoms with van der Waals surface area (Å²) < 4.78 is 13.8. The number of benzene rings is 1. The van der Waals surface area contributed by atoms with Crippen molar-refractivity contribution in [3.05, 3.63) is 35.1 Å². The molecule has 132 valence electrons. The smallest absolute Gasteiger partial charge is 0.320 e. The number of piperazine rings is 1. The first-order valence-electron chi connectivity index (χ1n) is 8.51. The summed E-state index contributed by atoms with van der Waals surface area (Å²) in [5.41, 5.74) is 1.02. The van der Waals surface area contributed by atoms with Crippen LogP contribution in [-0.4, -0.2) is 72.3 Å². The Morgan fingerprint density at radius 3 is 2.33 bits per heavy atom. The molecule has 2 amide bonds. The number of amides is 2. The molecule has 0 spiro atoms. The van der Waals surface area contributed by atoms with Gasteiger partial charge in [0.25, 0.3) is 0 Å². The molecular formula is C18H26FN3O2. The van der Waals surface area contributed by atoms with E-state index in [0.29, 0.717) is 39.3 Å². The molecule has 1 saturated heterocycles. The first kappa shape index (κ1) is 18.4. The van der Waals surface area contributed by atoms with E-state index in [0.717, 1.165) is 5.56 Å². The van der Waals surface area contributed by atoms with Gasteiger partial charge in [0.2, 0.25) is 0 Å². The Balaban J connectivity index is 1.90. The van der Waals surface area contributed by atoms with Gasteiger partial charge in [-0.2, -0.15) is 0 Å². The Morgan fingerprint density at radius 2 is 1.75 bits per heavy atom. The summed E-state index contributed by atoms with van der Waals surface area (Å²) in [7, 11) is 0. The molecule has 0 aliphatic carbocycles. The van der Waals surface area contributed by atoms with E-state index in [4.69, 9.17) is 0 Å². The number of hydrogen-bond acceptors (Lipinski definition) is 3. The molecule has 1 fully saturated rings. The highest BCUT2D eigenvalue weighted by molar-refractivity contribution is 5.98. The second kappa shape index (κ2) is 8.24. The molecule has 1 aromatic carbocycles. The average molecular weight is 335 g/mol. The number of carbonyl (C=O) groups excluding carboxylic acids is 2. The van der Waals surface area contributed by atoms with Crippen molar-refractivity contribution in [2.45, 2.75) is 20.8 Å². The number of carbonyl (C=O) groups is 2. The Morgan fingerprint density at radius 1 is 1.12 bits per heavy atom. The number of hydrogen-bond donors (Lipinski definition) is 0. The van der Waals surface area contributed by atoms with Gasteiger partial charge in [0.05, 0.1) is 12.1 Å². The van der Waals surface area contributed by atoms with Crippen LogP contribution in [0.15, 0.2) is 18.2 Å². The summed E-state index contributed by atoms with van der Waals surface area (Å²) in [6.45, 7) is 9.80. The Kier molecular flexibility index (Phi) is 6.31. The van der Waals surface area contributed by atoms with Gasteiger partial charge in [-0.1, -0.05) is 11.6 Å². The Bertz CT molecular complexity index is 594. The summed E-state index contributed by atoms with van der Waals surface area (Å²) in [5.74, 6) is -0.680. The third-order valence-electron chi connectivity index (χ3n) is 4.47. The van der Waals surface area contributed by atoms with Crippen molar-refractivity contribution in [3.8, 4) is 0 Å². The van der Waals surface area contributed by atoms with Crippen molar-refractivity contribution in [3.63, 3.8) is 0 Å². The molecule has 6 heteroatoms. The molecule has 0 N–H and O–H groups in total. The van der Waals surface area contributed by atoms with E-state index in [2.05, 4.69) is 0 Å². The fourth-order valence-electron chi connectivity index (χ4n) is 2.93. The van der Waals surface area contributed by atoms with Crippen LogP contribution in [0.4, 0.5) is 9.18 Å². The van der Waals surface area contributed by atoms with Crippen molar-refractivity contribution in [1.29, 1.82) is 0 Å². The number of nitrogens with zero attached hydrogens (tertiary/aromatic N) is 3. The van der Waals surface area contributed by atoms with Crippen LogP contribution < -0.4 is 0 Å². The topological polar surface area (TPSA) is 43.9 Å². The minimum atomic E-state index is -0.471. The molecule has 1 aliphatic heterocycles. The van der Waals surface area contributed by atoms with Crippen LogP contribution in [0.3, 0.4) is 0 Å². The van der Waals surface area contributed by atoms with Crippen molar-refractivity contribution in [2.24, 2.45) is 0 Å². The number of urea groups is 1. The van der Waals surface area contributed by atoms with Gasteiger partial charge in [0.15, 0.2) is 5.78 Å². The van der Waals surface area contributed by atoms with Gasteiger partial charge in [-0.25, -0.2) is 9.18 Å². The molecule has 0 saturated carbocycles. The molecule has 0 radical (unpaired) electrons. The molecule has 1 heterocycles. The Hall–Kier alpha value is -1.95. The lowest BCUT2D eigenvalue weighted by Gasteiger charge is -2.36. The zero-order valence-electron chi connectivity index (χ0n) is 14.7. The number of ketones is 1. The first-order valence-corrected chi connectivity index (χ1v) is 8.51. The third-order valence-corrected chi connectivity index (χ3v) is 4.47. The van der Waals surface area contributed by atoms with E-state index < -0.39 is 5.82 Å². The van der Waals surface area contributed by atoms with Crippen LogP contribution >= 0.6 is 0 Å². The largest absolute Gasteiger partial charge is 0.325 e. The molecule has 0 unspecified atom stereocenters. The summed E-state index contributed by atoms with van der Waals surface area (Å²) >= 11 is 0. The normalized spacial score (nSPS) is 15.4. The van der Waals surface area contributed by atoms with E-state index in [1.807, 2.05) is 30.6 Å². The van der Waals surface area contributed by atoms with Gasteiger partial charge >= 0.3 is 6.03 Å². The lowest BCUT2D eigenvalue weighted by Crippen LogP contribution is -2.53. The predicted molar refractivity (Wildman–Crippen MR) is 91.8 cm³/mol. The molecule has 5 nitrogen and oxygen atoms in total. The van der Waals surface area contributed by atoms with Crippen LogP contribution in [0.2, 0.25) is 0 Å². The summed E-state index contributed by atoms with van der Waals surface area (Å²) in [6.07, 6.45) is 0. The molecule has 0 bridgehead atoms. The zero-order valence-corrected chi connectivity index (χ0v) is 14.7. The number of rotatable bonds is 5. The highest BCUT2D eigenvalue weighted by Gasteiger charge is 2.25. The second-order valence-corrected chi connectivity index (χ2v) is 6.12. The average Bonchev–Trinajstić information content (AvgIpc) is 2.58. The van der Waals surface area contributed by atoms with Crippen molar-refractivity contribution in [1.82, 2.24) is 14.7 Å². The minimum Gasteiger partial charge on any atom is -0.325 e. The molecule has 2 rings (SSSR count). The first-order chi connectivity index (χ1) is 11.5. The SMILES string of the molecule is CCN(CC)C(=O)N1CCN(CC(=O)c2cc(C)ccc2F)CC1. The van der Waals surface area contributed by atoms with Gasteiger partial charge in [0.1, 0.15) is 5.82 Å². The van der Waals surface area contributed by atoms with Gasteiger partial charge in [-0.15, -0.1) is 0 Å². The molecule has 1 aliphatic rings. The van der Waals surface area contributed by atoms with E-state index in [1.165, 1.54) is 6.07 Å². The van der Waals surface area contributed by atoms with Crippen LogP contribution in [0.25, 0.3) is 0 Å². The summed E-state index contributed by atoms with van der Waals surface area (Å²) in [5, 5.41) is 0. The monoisotopic (exact) mass is 335 g/mol. The lowest BCUT2D eigenvalue weighted by molar-refractivity contribution is 0.0850. The highest BCUT2D eigenvalue weighted by atomic mass is 19.1. The number of halogens is 1. The highest BCUT2D eigenvalue weighted by Crippen LogP contribution is 2.13. The van der Waals surface area contributed by atoms with Crippen molar-refractivity contribution < 1.29 is 14.0 Å². The maximum Gasteiger partial charge on any atom is 0.320 e. The van der Waals surface area contributed by atoms with Gasteiger partial charge in [-0.05, 0) is 32.9 Å². The van der Waals surface area contributed by atoms with Crippen LogP contribution in [0, 0.1) is 12.7 Å². The van der Waals surface area contributed by atoms with E-state index >= 15 is 0 Å². The predicted octanol–water partition coefficient (Wildman–Crippen LogP) is 2.40. The van der Waals surface area contributed by atoms with Crippen LogP contribution in [0.1, 0.15) is 29.8 Å². The molecule has 0 atom stereocenters. The fourth-order valence-corrected chi connectivity index (χ4v) is 2.93. The third kappa shape index (κ3) is 4.32. The summed E-state index contributed by atoms with van der Waals surface area (Å²) in [6, 6.07) is 4.64. The van der Waals surface area contributed by atoms with Crippen molar-refractivity contribution in [2.75, 3.05) is 45.8 Å². The zero-order chi connectivity index (χ0) is 17.7. The molecule has 1 aromatic rings. The number of Topliss-reactive ketones (excluding diaryl/α,β-unsaturated/α-hetero) is 1. The van der Waals surface area contributed by atoms with E-state index in [-0.39, 0.29) is 23.9 Å². The molecule has 24 heavy (non-hydrogen) atoms. The molecular weight excluding hydrogens is 309 g/mol. The number of aryl methyl sites for hydroxylation is 1. The lowest BCUT2D eigenvalue weighted by atomic mass is 10.1. The van der Waals surface area contributed by atoms with Crippen LogP contribution in [-0.2, 0) is 0 Å². The maximum absolute atomic E-state index is 13.8. The summed E-state index contributed by atoms with van der Waals surface area (Å²) in [4.78, 5) is 30.2. The fraction of sp³-hybridized carbons (Fsp3) is 0.556. The van der Waals surface area contributed by atoms with Gasteiger partial charge in [0, 0.05) is 39.3 Å². The van der Waals surface area contributed by atoms with Crippen LogP contribution in [0.5, 0.6) is 0 Å². The van der Waals surface area contributed by atoms with E-state index in [1.54, 1.807) is 17.0 Å².